The van der Waals surface area contributed by atoms with Crippen molar-refractivity contribution >= 4 is 29.2 Å². The van der Waals surface area contributed by atoms with Crippen LogP contribution in [0.15, 0.2) is 47.2 Å². The number of anilines is 1. The Morgan fingerprint density at radius 1 is 1.43 bits per heavy atom. The highest BCUT2D eigenvalue weighted by atomic mass is 32.2. The Hall–Kier alpha value is -2.22. The molecule has 0 aromatic heterocycles. The molecule has 162 valence electrons. The van der Waals surface area contributed by atoms with Crippen LogP contribution in [0.5, 0.6) is 0 Å². The van der Waals surface area contributed by atoms with Crippen LogP contribution in [0.25, 0.3) is 5.70 Å². The molecule has 1 aliphatic carbocycles. The molecule has 7 heteroatoms. The van der Waals surface area contributed by atoms with Gasteiger partial charge in [-0.15, -0.1) is 11.8 Å². The molecule has 0 spiro atoms. The van der Waals surface area contributed by atoms with Gasteiger partial charge in [-0.3, -0.25) is 10.7 Å². The summed E-state index contributed by atoms with van der Waals surface area (Å²) < 4.78 is 5.45. The lowest BCUT2D eigenvalue weighted by atomic mass is 9.95. The number of rotatable bonds is 9. The fourth-order valence-electron chi connectivity index (χ4n) is 4.15. The number of ether oxygens (including phenoxy) is 1. The van der Waals surface area contributed by atoms with E-state index < -0.39 is 0 Å². The Labute approximate surface area is 183 Å². The number of nitrogens with two attached hydrogens (primary N) is 1. The summed E-state index contributed by atoms with van der Waals surface area (Å²) in [5.74, 6) is 6.39. The van der Waals surface area contributed by atoms with Crippen LogP contribution in [0.2, 0.25) is 0 Å². The van der Waals surface area contributed by atoms with E-state index in [-0.39, 0.29) is 12.2 Å². The third-order valence-corrected chi connectivity index (χ3v) is 6.06. The lowest BCUT2D eigenvalue weighted by Crippen LogP contribution is -2.29. The highest BCUT2D eigenvalue weighted by Gasteiger charge is 2.32. The Bertz CT molecular complexity index is 836. The third kappa shape index (κ3) is 5.28. The van der Waals surface area contributed by atoms with Gasteiger partial charge in [-0.2, -0.15) is 0 Å². The van der Waals surface area contributed by atoms with E-state index >= 15 is 0 Å². The van der Waals surface area contributed by atoms with E-state index in [9.17, 15) is 4.79 Å². The molecule has 30 heavy (non-hydrogen) atoms. The van der Waals surface area contributed by atoms with Crippen molar-refractivity contribution in [1.29, 1.82) is 0 Å². The van der Waals surface area contributed by atoms with Crippen molar-refractivity contribution in [2.75, 3.05) is 25.0 Å². The van der Waals surface area contributed by atoms with Crippen LogP contribution < -0.4 is 21.5 Å². The van der Waals surface area contributed by atoms with Gasteiger partial charge in [0.25, 0.3) is 0 Å². The SMILES string of the molecule is C=CS/C=C\C(C)CC1=C(NN)c2ccc(N3CC(CNC)OC3=O)cc2CCC1. The number of fused-ring (bicyclic) bond motifs is 1. The van der Waals surface area contributed by atoms with Gasteiger partial charge in [0.1, 0.15) is 6.10 Å². The number of hydrogen-bond donors (Lipinski definition) is 3. The number of carbonyl (C=O) groups is 1. The van der Waals surface area contributed by atoms with Crippen molar-refractivity contribution in [1.82, 2.24) is 10.7 Å². The quantitative estimate of drug-likeness (QED) is 0.405. The number of carbonyl (C=O) groups excluding carboxylic acids is 1. The summed E-state index contributed by atoms with van der Waals surface area (Å²) in [7, 11) is 1.86. The van der Waals surface area contributed by atoms with Crippen LogP contribution in [0.4, 0.5) is 10.5 Å². The van der Waals surface area contributed by atoms with E-state index in [1.165, 1.54) is 11.1 Å². The molecule has 1 aromatic carbocycles. The second-order valence-corrected chi connectivity index (χ2v) is 8.68. The molecule has 4 N–H and O–H groups in total. The Kier molecular flexibility index (Phi) is 8.01. The van der Waals surface area contributed by atoms with Gasteiger partial charge in [-0.05, 0) is 72.7 Å². The van der Waals surface area contributed by atoms with Crippen LogP contribution in [-0.4, -0.2) is 32.3 Å². The summed E-state index contributed by atoms with van der Waals surface area (Å²) in [5, 5.41) is 6.98. The molecule has 0 saturated carbocycles. The average molecular weight is 429 g/mol. The minimum absolute atomic E-state index is 0.122. The average Bonchev–Trinajstić information content (AvgIpc) is 3.00. The summed E-state index contributed by atoms with van der Waals surface area (Å²) in [4.78, 5) is 14.0. The number of benzene rings is 1. The van der Waals surface area contributed by atoms with Gasteiger partial charge < -0.3 is 15.5 Å². The van der Waals surface area contributed by atoms with Crippen molar-refractivity contribution in [2.45, 2.75) is 38.7 Å². The predicted octanol–water partition coefficient (Wildman–Crippen LogP) is 4.16. The smallest absolute Gasteiger partial charge is 0.414 e. The molecular weight excluding hydrogens is 396 g/mol. The first-order valence-electron chi connectivity index (χ1n) is 10.4. The minimum atomic E-state index is -0.282. The molecule has 2 unspecified atom stereocenters. The zero-order chi connectivity index (χ0) is 21.5. The number of nitrogens with zero attached hydrogens (tertiary/aromatic N) is 1. The first kappa shape index (κ1) is 22.5. The normalized spacial score (nSPS) is 20.2. The maximum Gasteiger partial charge on any atom is 0.414 e. The number of thioether (sulfide) groups is 1. The number of hydrazine groups is 1. The first-order valence-corrected chi connectivity index (χ1v) is 11.4. The predicted molar refractivity (Wildman–Crippen MR) is 126 cm³/mol. The Morgan fingerprint density at radius 2 is 2.27 bits per heavy atom. The molecule has 0 bridgehead atoms. The van der Waals surface area contributed by atoms with Crippen molar-refractivity contribution in [3.63, 3.8) is 0 Å². The topological polar surface area (TPSA) is 79.6 Å². The molecule has 2 aliphatic rings. The second-order valence-electron chi connectivity index (χ2n) is 7.80. The van der Waals surface area contributed by atoms with Crippen LogP contribution in [0.3, 0.4) is 0 Å². The monoisotopic (exact) mass is 428 g/mol. The molecule has 1 fully saturated rings. The second kappa shape index (κ2) is 10.7. The highest BCUT2D eigenvalue weighted by Crippen LogP contribution is 2.34. The van der Waals surface area contributed by atoms with Crippen molar-refractivity contribution in [2.24, 2.45) is 11.8 Å². The van der Waals surface area contributed by atoms with Crippen molar-refractivity contribution in [3.05, 3.63) is 58.4 Å². The first-order chi connectivity index (χ1) is 14.6. The summed E-state index contributed by atoms with van der Waals surface area (Å²) in [6.45, 7) is 7.16. The zero-order valence-corrected chi connectivity index (χ0v) is 18.6. The number of hydrogen-bond acceptors (Lipinski definition) is 6. The molecule has 1 heterocycles. The third-order valence-electron chi connectivity index (χ3n) is 5.55. The minimum Gasteiger partial charge on any atom is -0.443 e. The van der Waals surface area contributed by atoms with Crippen molar-refractivity contribution in [3.8, 4) is 0 Å². The maximum absolute atomic E-state index is 12.3. The van der Waals surface area contributed by atoms with E-state index in [0.29, 0.717) is 19.0 Å². The number of nitrogens with one attached hydrogen (secondary N) is 2. The lowest BCUT2D eigenvalue weighted by Gasteiger charge is -2.19. The van der Waals surface area contributed by atoms with E-state index in [2.05, 4.69) is 47.9 Å². The number of aryl methyl sites for hydroxylation is 1. The van der Waals surface area contributed by atoms with Crippen molar-refractivity contribution < 1.29 is 9.53 Å². The van der Waals surface area contributed by atoms with Gasteiger partial charge >= 0.3 is 6.09 Å². The molecule has 3 rings (SSSR count). The zero-order valence-electron chi connectivity index (χ0n) is 17.8. The van der Waals surface area contributed by atoms with Gasteiger partial charge in [0.2, 0.25) is 0 Å². The largest absolute Gasteiger partial charge is 0.443 e. The molecule has 1 saturated heterocycles. The van der Waals surface area contributed by atoms with Crippen LogP contribution in [-0.2, 0) is 11.2 Å². The molecule has 6 nitrogen and oxygen atoms in total. The molecule has 2 atom stereocenters. The number of cyclic esters (lactones) is 1. The van der Waals surface area contributed by atoms with Crippen LogP contribution >= 0.6 is 11.8 Å². The number of likely N-dealkylation sites (N-methyl/N-ethyl adjacent to an activating group) is 1. The van der Waals surface area contributed by atoms with E-state index in [1.54, 1.807) is 16.7 Å². The van der Waals surface area contributed by atoms with Gasteiger partial charge in [-0.25, -0.2) is 4.79 Å². The van der Waals surface area contributed by atoms with Gasteiger partial charge in [0.15, 0.2) is 0 Å². The summed E-state index contributed by atoms with van der Waals surface area (Å²) in [5.41, 5.74) is 8.56. The maximum atomic E-state index is 12.3. The fraction of sp³-hybridized carbons (Fsp3) is 0.435. The molecule has 1 aliphatic heterocycles. The molecule has 1 aromatic rings. The van der Waals surface area contributed by atoms with Crippen LogP contribution in [0.1, 0.15) is 37.3 Å². The Balaban J connectivity index is 1.84. The molecule has 0 radical (unpaired) electrons. The van der Waals surface area contributed by atoms with Gasteiger partial charge in [0, 0.05) is 17.8 Å². The number of allylic oxidation sites excluding steroid dienone is 2. The summed E-state index contributed by atoms with van der Waals surface area (Å²) >= 11 is 1.60. The summed E-state index contributed by atoms with van der Waals surface area (Å²) in [6, 6.07) is 6.19. The standard InChI is InChI=1S/C23H32N4O2S/c1-4-30-11-10-16(2)12-18-7-5-6-17-13-19(8-9-21(17)22(18)26-24)27-15-20(14-25-3)29-23(27)28/h4,8-11,13,16,20,25-26H,1,5-7,12,14-15,24H2,2-3H3/b11-10-. The Morgan fingerprint density at radius 3 is 3.00 bits per heavy atom. The number of amides is 1. The van der Waals surface area contributed by atoms with E-state index in [4.69, 9.17) is 10.6 Å². The van der Waals surface area contributed by atoms with Gasteiger partial charge in [0.05, 0.1) is 12.2 Å². The fourth-order valence-corrected chi connectivity index (χ4v) is 4.62. The van der Waals surface area contributed by atoms with E-state index in [0.717, 1.165) is 42.6 Å². The highest BCUT2D eigenvalue weighted by molar-refractivity contribution is 8.04. The summed E-state index contributed by atoms with van der Waals surface area (Å²) in [6.07, 6.45) is 5.78. The van der Waals surface area contributed by atoms with Crippen LogP contribution in [0, 0.1) is 5.92 Å². The van der Waals surface area contributed by atoms with Gasteiger partial charge in [-0.1, -0.05) is 25.6 Å². The molecular formula is C23H32N4O2S. The lowest BCUT2D eigenvalue weighted by molar-refractivity contribution is 0.141. The van der Waals surface area contributed by atoms with E-state index in [1.807, 2.05) is 18.5 Å². The molecule has 1 amide bonds.